The first-order valence-electron chi connectivity index (χ1n) is 11.8. The smallest absolute Gasteiger partial charge is 0.338 e. The number of carbonyl (C=O) groups excluding carboxylic acids is 3. The van der Waals surface area contributed by atoms with Gasteiger partial charge in [0.05, 0.1) is 50.7 Å². The van der Waals surface area contributed by atoms with Crippen LogP contribution in [0.15, 0.2) is 72.3 Å². The van der Waals surface area contributed by atoms with Gasteiger partial charge < -0.3 is 24.1 Å². The molecule has 1 heterocycles. The molecule has 9 heteroatoms. The van der Waals surface area contributed by atoms with Crippen molar-refractivity contribution in [1.29, 1.82) is 0 Å². The van der Waals surface area contributed by atoms with E-state index in [-0.39, 0.29) is 34.7 Å². The van der Waals surface area contributed by atoms with Crippen molar-refractivity contribution in [3.63, 3.8) is 0 Å². The second-order valence-corrected chi connectivity index (χ2v) is 8.28. The Balaban J connectivity index is 1.95. The number of aliphatic hydroxyl groups is 1. The zero-order valence-corrected chi connectivity index (χ0v) is 21.4. The summed E-state index contributed by atoms with van der Waals surface area (Å²) in [5.41, 5.74) is 1.08. The molecule has 3 aromatic carbocycles. The van der Waals surface area contributed by atoms with Crippen molar-refractivity contribution in [3.8, 4) is 17.2 Å². The lowest BCUT2D eigenvalue weighted by molar-refractivity contribution is -0.132. The monoisotopic (exact) mass is 517 g/mol. The molecule has 0 aromatic heterocycles. The van der Waals surface area contributed by atoms with Gasteiger partial charge in [-0.25, -0.2) is 4.79 Å². The molecule has 1 aliphatic heterocycles. The maximum atomic E-state index is 13.5. The molecule has 38 heavy (non-hydrogen) atoms. The van der Waals surface area contributed by atoms with E-state index in [4.69, 9.17) is 18.9 Å². The number of esters is 1. The second-order valence-electron chi connectivity index (χ2n) is 8.28. The van der Waals surface area contributed by atoms with Crippen molar-refractivity contribution in [3.05, 3.63) is 89.0 Å². The zero-order valence-electron chi connectivity index (χ0n) is 21.4. The van der Waals surface area contributed by atoms with Gasteiger partial charge in [-0.05, 0) is 61.0 Å². The van der Waals surface area contributed by atoms with Crippen molar-refractivity contribution in [1.82, 2.24) is 0 Å². The number of ether oxygens (including phenoxy) is 4. The van der Waals surface area contributed by atoms with Crippen LogP contribution in [0, 0.1) is 0 Å². The lowest BCUT2D eigenvalue weighted by atomic mass is 9.94. The van der Waals surface area contributed by atoms with Gasteiger partial charge in [0.1, 0.15) is 23.0 Å². The maximum Gasteiger partial charge on any atom is 0.338 e. The van der Waals surface area contributed by atoms with Gasteiger partial charge in [0.2, 0.25) is 0 Å². The molecule has 1 aliphatic rings. The van der Waals surface area contributed by atoms with E-state index in [0.717, 1.165) is 0 Å². The predicted octanol–water partition coefficient (Wildman–Crippen LogP) is 4.52. The van der Waals surface area contributed by atoms with Gasteiger partial charge in [-0.2, -0.15) is 0 Å². The zero-order chi connectivity index (χ0) is 27.4. The summed E-state index contributed by atoms with van der Waals surface area (Å²) in [6.45, 7) is 1.87. The maximum absolute atomic E-state index is 13.5. The van der Waals surface area contributed by atoms with Crippen LogP contribution in [0.5, 0.6) is 17.2 Å². The van der Waals surface area contributed by atoms with E-state index in [2.05, 4.69) is 0 Å². The number of carbonyl (C=O) groups is 3. The fourth-order valence-electron chi connectivity index (χ4n) is 4.34. The van der Waals surface area contributed by atoms with Crippen LogP contribution in [0.2, 0.25) is 0 Å². The largest absolute Gasteiger partial charge is 0.507 e. The molecule has 9 nitrogen and oxygen atoms in total. The number of methoxy groups -OCH3 is 3. The van der Waals surface area contributed by atoms with Crippen LogP contribution in [0.25, 0.3) is 5.76 Å². The van der Waals surface area contributed by atoms with E-state index >= 15 is 0 Å². The number of rotatable bonds is 8. The summed E-state index contributed by atoms with van der Waals surface area (Å²) >= 11 is 0. The lowest BCUT2D eigenvalue weighted by Gasteiger charge is -2.26. The summed E-state index contributed by atoms with van der Waals surface area (Å²) in [4.78, 5) is 40.6. The van der Waals surface area contributed by atoms with Gasteiger partial charge in [0.15, 0.2) is 0 Å². The molecule has 1 N–H and O–H groups in total. The minimum Gasteiger partial charge on any atom is -0.507 e. The Labute approximate surface area is 219 Å². The third-order valence-electron chi connectivity index (χ3n) is 6.17. The molecule has 0 aliphatic carbocycles. The summed E-state index contributed by atoms with van der Waals surface area (Å²) in [7, 11) is 4.43. The average Bonchev–Trinajstić information content (AvgIpc) is 3.22. The Morgan fingerprint density at radius 3 is 2.21 bits per heavy atom. The number of hydrogen-bond acceptors (Lipinski definition) is 8. The SMILES string of the molecule is CCOC(=O)c1cccc(N2C(=O)C(=O)/C(=C(/O)c3cc(OC)ccc3OC)C2c2ccc(OC)cc2)c1. The number of amides is 1. The number of benzene rings is 3. The molecular formula is C29H27NO8. The Morgan fingerprint density at radius 1 is 0.895 bits per heavy atom. The van der Waals surface area contributed by atoms with Gasteiger partial charge in [0, 0.05) is 5.69 Å². The summed E-state index contributed by atoms with van der Waals surface area (Å²) in [5, 5.41) is 11.5. The van der Waals surface area contributed by atoms with E-state index in [9.17, 15) is 19.5 Å². The number of nitrogens with zero attached hydrogens (tertiary/aromatic N) is 1. The van der Waals surface area contributed by atoms with Crippen molar-refractivity contribution in [2.24, 2.45) is 0 Å². The molecule has 1 amide bonds. The van der Waals surface area contributed by atoms with Gasteiger partial charge in [-0.3, -0.25) is 14.5 Å². The summed E-state index contributed by atoms with van der Waals surface area (Å²) < 4.78 is 21.1. The van der Waals surface area contributed by atoms with Crippen LogP contribution in [0.4, 0.5) is 5.69 Å². The van der Waals surface area contributed by atoms with Crippen LogP contribution in [0.1, 0.15) is 34.5 Å². The number of anilines is 1. The standard InChI is InChI=1S/C29H27NO8/c1-5-38-29(34)18-7-6-8-19(15-18)30-25(17-9-11-20(35-2)12-10-17)24(27(32)28(30)33)26(31)22-16-21(36-3)13-14-23(22)37-4/h6-16,25,31H,5H2,1-4H3/b26-24+. The molecule has 4 rings (SSSR count). The molecule has 0 radical (unpaired) electrons. The van der Waals surface area contributed by atoms with Crippen LogP contribution in [-0.2, 0) is 14.3 Å². The first-order valence-corrected chi connectivity index (χ1v) is 11.8. The number of Topliss-reactive ketones (excluding diaryl/α,β-unsaturated/α-hetero) is 1. The summed E-state index contributed by atoms with van der Waals surface area (Å²) in [6.07, 6.45) is 0. The first-order chi connectivity index (χ1) is 18.3. The first kappa shape index (κ1) is 26.3. The fraction of sp³-hybridized carbons (Fsp3) is 0.207. The Hall–Kier alpha value is -4.79. The number of ketones is 1. The molecule has 0 spiro atoms. The highest BCUT2D eigenvalue weighted by Crippen LogP contribution is 2.44. The van der Waals surface area contributed by atoms with E-state index in [1.165, 1.54) is 38.4 Å². The van der Waals surface area contributed by atoms with Gasteiger partial charge >= 0.3 is 5.97 Å². The minimum absolute atomic E-state index is 0.145. The predicted molar refractivity (Wildman–Crippen MR) is 140 cm³/mol. The summed E-state index contributed by atoms with van der Waals surface area (Å²) in [5.74, 6) is -1.47. The van der Waals surface area contributed by atoms with E-state index in [1.807, 2.05) is 0 Å². The topological polar surface area (TPSA) is 112 Å². The van der Waals surface area contributed by atoms with Crippen LogP contribution >= 0.6 is 0 Å². The van der Waals surface area contributed by atoms with E-state index in [1.54, 1.807) is 61.5 Å². The van der Waals surface area contributed by atoms with E-state index < -0.39 is 29.5 Å². The molecule has 1 fully saturated rings. The quantitative estimate of drug-likeness (QED) is 0.201. The minimum atomic E-state index is -1.02. The van der Waals surface area contributed by atoms with Gasteiger partial charge in [-0.15, -0.1) is 0 Å². The highest BCUT2D eigenvalue weighted by Gasteiger charge is 2.47. The average molecular weight is 518 g/mol. The highest BCUT2D eigenvalue weighted by atomic mass is 16.5. The Kier molecular flexibility index (Phi) is 7.66. The van der Waals surface area contributed by atoms with Crippen molar-refractivity contribution in [2.75, 3.05) is 32.8 Å². The normalized spacial score (nSPS) is 16.3. The molecule has 1 saturated heterocycles. The van der Waals surface area contributed by atoms with Gasteiger partial charge in [0.25, 0.3) is 11.7 Å². The fourth-order valence-corrected chi connectivity index (χ4v) is 4.34. The van der Waals surface area contributed by atoms with Crippen molar-refractivity contribution in [2.45, 2.75) is 13.0 Å². The molecule has 0 saturated carbocycles. The molecular weight excluding hydrogens is 490 g/mol. The Morgan fingerprint density at radius 2 is 1.58 bits per heavy atom. The second kappa shape index (κ2) is 11.1. The van der Waals surface area contributed by atoms with Crippen molar-refractivity contribution < 1.29 is 38.4 Å². The van der Waals surface area contributed by atoms with Crippen LogP contribution in [-0.4, -0.2) is 50.7 Å². The molecule has 3 aromatic rings. The van der Waals surface area contributed by atoms with Gasteiger partial charge in [-0.1, -0.05) is 18.2 Å². The number of hydrogen-bond donors (Lipinski definition) is 1. The van der Waals surface area contributed by atoms with Crippen LogP contribution < -0.4 is 19.1 Å². The summed E-state index contributed by atoms with van der Waals surface area (Å²) in [6, 6.07) is 16.8. The van der Waals surface area contributed by atoms with Crippen LogP contribution in [0.3, 0.4) is 0 Å². The number of aliphatic hydroxyl groups excluding tert-OH is 1. The molecule has 1 atom stereocenters. The Bertz CT molecular complexity index is 1410. The third-order valence-corrected chi connectivity index (χ3v) is 6.17. The molecule has 0 bridgehead atoms. The highest BCUT2D eigenvalue weighted by molar-refractivity contribution is 6.51. The van der Waals surface area contributed by atoms with E-state index in [0.29, 0.717) is 17.1 Å². The lowest BCUT2D eigenvalue weighted by Crippen LogP contribution is -2.29. The molecule has 1 unspecified atom stereocenters. The van der Waals surface area contributed by atoms with Crippen molar-refractivity contribution >= 4 is 29.1 Å². The third kappa shape index (κ3) is 4.78. The molecule has 196 valence electrons.